The Labute approximate surface area is 176 Å². The number of nitrogens with zero attached hydrogens (tertiary/aromatic N) is 1. The smallest absolute Gasteiger partial charge is 0.261 e. The van der Waals surface area contributed by atoms with Gasteiger partial charge in [0.25, 0.3) is 10.0 Å². The zero-order valence-electron chi connectivity index (χ0n) is 16.5. The lowest BCUT2D eigenvalue weighted by atomic mass is 10.0. The maximum Gasteiger partial charge on any atom is 0.261 e. The molecule has 0 unspecified atom stereocenters. The molecule has 154 valence electrons. The Balaban J connectivity index is 1.56. The van der Waals surface area contributed by atoms with E-state index in [1.807, 2.05) is 30.3 Å². The molecule has 7 heteroatoms. The van der Waals surface area contributed by atoms with Crippen LogP contribution in [0.5, 0.6) is 11.5 Å². The van der Waals surface area contributed by atoms with Crippen LogP contribution < -0.4 is 14.4 Å². The highest BCUT2D eigenvalue weighted by Crippen LogP contribution is 2.31. The van der Waals surface area contributed by atoms with Crippen molar-refractivity contribution in [2.24, 2.45) is 0 Å². The quantitative estimate of drug-likeness (QED) is 0.653. The number of benzene rings is 3. The second-order valence-electron chi connectivity index (χ2n) is 7.11. The summed E-state index contributed by atoms with van der Waals surface area (Å²) >= 11 is 0. The molecule has 30 heavy (non-hydrogen) atoms. The number of ether oxygens (including phenoxy) is 1. The third-order valence-corrected chi connectivity index (χ3v) is 6.30. The van der Waals surface area contributed by atoms with E-state index in [0.29, 0.717) is 23.7 Å². The first-order valence-corrected chi connectivity index (χ1v) is 11.2. The van der Waals surface area contributed by atoms with Crippen LogP contribution in [0.15, 0.2) is 77.7 Å². The number of sulfonamides is 1. The van der Waals surface area contributed by atoms with E-state index < -0.39 is 10.0 Å². The lowest BCUT2D eigenvalue weighted by molar-refractivity contribution is -0.116. The predicted molar refractivity (Wildman–Crippen MR) is 117 cm³/mol. The highest BCUT2D eigenvalue weighted by atomic mass is 32.2. The first-order chi connectivity index (χ1) is 14.4. The van der Waals surface area contributed by atoms with Crippen molar-refractivity contribution < 1.29 is 17.9 Å². The molecule has 0 spiro atoms. The van der Waals surface area contributed by atoms with Gasteiger partial charge in [-0.2, -0.15) is 0 Å². The molecule has 1 amide bonds. The number of amides is 1. The summed E-state index contributed by atoms with van der Waals surface area (Å²) in [5.74, 6) is 1.16. The Bertz CT molecular complexity index is 1180. The van der Waals surface area contributed by atoms with Gasteiger partial charge < -0.3 is 9.64 Å². The van der Waals surface area contributed by atoms with Gasteiger partial charge in [0.15, 0.2) is 0 Å². The number of nitrogens with one attached hydrogen (secondary N) is 1. The molecule has 0 saturated heterocycles. The molecule has 0 radical (unpaired) electrons. The van der Waals surface area contributed by atoms with Crippen molar-refractivity contribution in [3.8, 4) is 11.5 Å². The molecule has 0 saturated carbocycles. The number of fused-ring (bicyclic) bond motifs is 1. The predicted octanol–water partition coefficient (Wildman–Crippen LogP) is 4.58. The molecule has 0 fully saturated rings. The van der Waals surface area contributed by atoms with Gasteiger partial charge in [-0.05, 0) is 60.9 Å². The number of hydrogen-bond acceptors (Lipinski definition) is 4. The summed E-state index contributed by atoms with van der Waals surface area (Å²) in [4.78, 5) is 13.7. The molecule has 0 bridgehead atoms. The van der Waals surface area contributed by atoms with E-state index in [0.717, 1.165) is 24.1 Å². The van der Waals surface area contributed by atoms with Crippen LogP contribution in [0.1, 0.15) is 18.9 Å². The van der Waals surface area contributed by atoms with Gasteiger partial charge in [-0.1, -0.05) is 24.3 Å². The molecule has 0 atom stereocenters. The Morgan fingerprint density at radius 3 is 2.50 bits per heavy atom. The number of aryl methyl sites for hydroxylation is 1. The van der Waals surface area contributed by atoms with E-state index in [1.54, 1.807) is 41.3 Å². The van der Waals surface area contributed by atoms with Gasteiger partial charge in [0.1, 0.15) is 11.5 Å². The van der Waals surface area contributed by atoms with Gasteiger partial charge in [-0.15, -0.1) is 0 Å². The molecule has 1 aliphatic heterocycles. The molecule has 3 aromatic rings. The van der Waals surface area contributed by atoms with Crippen molar-refractivity contribution in [1.29, 1.82) is 0 Å². The molecular weight excluding hydrogens is 400 g/mol. The second kappa shape index (κ2) is 8.20. The molecule has 3 aromatic carbocycles. The number of para-hydroxylation sites is 1. The molecular formula is C23H22N2O4S. The normalized spacial score (nSPS) is 13.4. The van der Waals surface area contributed by atoms with E-state index >= 15 is 0 Å². The SMILES string of the molecule is CC(=O)N1CCCc2cc(S(=O)(=O)Nc3cccc(Oc4ccccc4)c3)ccc21. The van der Waals surface area contributed by atoms with Crippen molar-refractivity contribution in [1.82, 2.24) is 0 Å². The largest absolute Gasteiger partial charge is 0.457 e. The minimum Gasteiger partial charge on any atom is -0.457 e. The molecule has 0 aromatic heterocycles. The first kappa shape index (κ1) is 20.0. The number of hydrogen-bond donors (Lipinski definition) is 1. The first-order valence-electron chi connectivity index (χ1n) is 9.69. The summed E-state index contributed by atoms with van der Waals surface area (Å²) in [6.07, 6.45) is 1.55. The third-order valence-electron chi connectivity index (χ3n) is 4.93. The lowest BCUT2D eigenvalue weighted by Gasteiger charge is -2.28. The van der Waals surface area contributed by atoms with Crippen molar-refractivity contribution in [2.75, 3.05) is 16.2 Å². The number of anilines is 2. The lowest BCUT2D eigenvalue weighted by Crippen LogP contribution is -2.33. The summed E-state index contributed by atoms with van der Waals surface area (Å²) in [5, 5.41) is 0. The molecule has 6 nitrogen and oxygen atoms in total. The molecule has 4 rings (SSSR count). The standard InChI is InChI=1S/C23H22N2O4S/c1-17(26)25-14-6-7-18-15-22(12-13-23(18)25)30(27,28)24-19-8-5-11-21(16-19)29-20-9-3-2-4-10-20/h2-5,8-13,15-16,24H,6-7,14H2,1H3. The van der Waals surface area contributed by atoms with E-state index in [4.69, 9.17) is 4.74 Å². The topological polar surface area (TPSA) is 75.7 Å². The fraction of sp³-hybridized carbons (Fsp3) is 0.174. The van der Waals surface area contributed by atoms with Crippen LogP contribution in [0, 0.1) is 0 Å². The van der Waals surface area contributed by atoms with Gasteiger partial charge in [0.2, 0.25) is 5.91 Å². The van der Waals surface area contributed by atoms with Crippen LogP contribution in [-0.4, -0.2) is 20.9 Å². The van der Waals surface area contributed by atoms with Gasteiger partial charge in [-0.3, -0.25) is 9.52 Å². The maximum atomic E-state index is 12.9. The zero-order chi connectivity index (χ0) is 21.1. The van der Waals surface area contributed by atoms with Crippen molar-refractivity contribution in [3.63, 3.8) is 0 Å². The van der Waals surface area contributed by atoms with Crippen LogP contribution in [0.25, 0.3) is 0 Å². The van der Waals surface area contributed by atoms with Crippen LogP contribution in [-0.2, 0) is 21.2 Å². The van der Waals surface area contributed by atoms with Crippen LogP contribution in [0.3, 0.4) is 0 Å². The molecule has 1 N–H and O–H groups in total. The Hall–Kier alpha value is -3.32. The zero-order valence-corrected chi connectivity index (χ0v) is 17.4. The minimum absolute atomic E-state index is 0.0417. The van der Waals surface area contributed by atoms with Crippen LogP contribution in [0.2, 0.25) is 0 Å². The summed E-state index contributed by atoms with van der Waals surface area (Å²) in [6, 6.07) is 21.0. The van der Waals surface area contributed by atoms with Gasteiger partial charge in [0.05, 0.1) is 10.6 Å². The van der Waals surface area contributed by atoms with Gasteiger partial charge in [-0.25, -0.2) is 8.42 Å². The molecule has 1 heterocycles. The summed E-state index contributed by atoms with van der Waals surface area (Å²) in [5.41, 5.74) is 2.05. The van der Waals surface area contributed by atoms with Gasteiger partial charge in [0, 0.05) is 25.2 Å². The number of rotatable bonds is 5. The van der Waals surface area contributed by atoms with E-state index in [1.165, 1.54) is 13.0 Å². The summed E-state index contributed by atoms with van der Waals surface area (Å²) < 4.78 is 34.3. The fourth-order valence-corrected chi connectivity index (χ4v) is 4.63. The average Bonchev–Trinajstić information content (AvgIpc) is 2.73. The highest BCUT2D eigenvalue weighted by molar-refractivity contribution is 7.92. The summed E-state index contributed by atoms with van der Waals surface area (Å²) in [6.45, 7) is 2.17. The maximum absolute atomic E-state index is 12.9. The second-order valence-corrected chi connectivity index (χ2v) is 8.80. The Morgan fingerprint density at radius 1 is 0.967 bits per heavy atom. The number of carbonyl (C=O) groups is 1. The monoisotopic (exact) mass is 422 g/mol. The Morgan fingerprint density at radius 2 is 1.73 bits per heavy atom. The van der Waals surface area contributed by atoms with Gasteiger partial charge >= 0.3 is 0 Å². The van der Waals surface area contributed by atoms with Crippen LogP contribution in [0.4, 0.5) is 11.4 Å². The van der Waals surface area contributed by atoms with Crippen LogP contribution >= 0.6 is 0 Å². The number of carbonyl (C=O) groups excluding carboxylic acids is 1. The highest BCUT2D eigenvalue weighted by Gasteiger charge is 2.23. The van der Waals surface area contributed by atoms with E-state index in [-0.39, 0.29) is 10.8 Å². The van der Waals surface area contributed by atoms with Crippen molar-refractivity contribution in [3.05, 3.63) is 78.4 Å². The molecule has 0 aliphatic carbocycles. The van der Waals surface area contributed by atoms with Crippen molar-refractivity contribution >= 4 is 27.3 Å². The third kappa shape index (κ3) is 4.31. The minimum atomic E-state index is -3.78. The summed E-state index contributed by atoms with van der Waals surface area (Å²) in [7, 11) is -3.78. The molecule has 1 aliphatic rings. The average molecular weight is 423 g/mol. The van der Waals surface area contributed by atoms with Crippen molar-refractivity contribution in [2.45, 2.75) is 24.7 Å². The van der Waals surface area contributed by atoms with E-state index in [9.17, 15) is 13.2 Å². The van der Waals surface area contributed by atoms with E-state index in [2.05, 4.69) is 4.72 Å². The Kier molecular flexibility index (Phi) is 5.46. The fourth-order valence-electron chi connectivity index (χ4n) is 3.53.